The lowest BCUT2D eigenvalue weighted by Gasteiger charge is -2.31. The van der Waals surface area contributed by atoms with Gasteiger partial charge in [-0.25, -0.2) is 0 Å². The third-order valence-corrected chi connectivity index (χ3v) is 5.83. The molecule has 2 fully saturated rings. The Morgan fingerprint density at radius 2 is 1.50 bits per heavy atom. The summed E-state index contributed by atoms with van der Waals surface area (Å²) in [6, 6.07) is 8.98. The molecule has 134 valence electrons. The van der Waals surface area contributed by atoms with Gasteiger partial charge in [0.25, 0.3) is 0 Å². The van der Waals surface area contributed by atoms with Gasteiger partial charge in [0, 0.05) is 13.2 Å². The number of benzene rings is 1. The highest BCUT2D eigenvalue weighted by atomic mass is 16.5. The molecule has 0 N–H and O–H groups in total. The van der Waals surface area contributed by atoms with Crippen LogP contribution >= 0.6 is 0 Å². The van der Waals surface area contributed by atoms with Crippen LogP contribution in [0.1, 0.15) is 63.0 Å². The van der Waals surface area contributed by atoms with Crippen molar-refractivity contribution in [1.29, 1.82) is 0 Å². The molecule has 0 aliphatic carbocycles. The highest BCUT2D eigenvalue weighted by Gasteiger charge is 2.24. The van der Waals surface area contributed by atoms with E-state index in [1.165, 1.54) is 62.5 Å². The molecule has 0 bridgehead atoms. The molecule has 24 heavy (non-hydrogen) atoms. The molecular weight excluding hydrogens is 296 g/mol. The summed E-state index contributed by atoms with van der Waals surface area (Å²) in [5.41, 5.74) is 2.81. The van der Waals surface area contributed by atoms with E-state index in [9.17, 15) is 0 Å². The second kappa shape index (κ2) is 9.01. The zero-order chi connectivity index (χ0) is 16.8. The lowest BCUT2D eigenvalue weighted by molar-refractivity contribution is -0.0482. The quantitative estimate of drug-likeness (QED) is 0.703. The Hall–Kier alpha value is -0.860. The third-order valence-electron chi connectivity index (χ3n) is 5.83. The second-order valence-corrected chi connectivity index (χ2v) is 8.14. The van der Waals surface area contributed by atoms with Gasteiger partial charge in [-0.2, -0.15) is 0 Å². The van der Waals surface area contributed by atoms with Gasteiger partial charge in [0.1, 0.15) is 0 Å². The van der Waals surface area contributed by atoms with Crippen LogP contribution in [0.5, 0.6) is 0 Å². The molecule has 0 spiro atoms. The number of hydrogen-bond donors (Lipinski definition) is 0. The van der Waals surface area contributed by atoms with Gasteiger partial charge in [0.2, 0.25) is 0 Å². The fourth-order valence-corrected chi connectivity index (χ4v) is 3.98. The van der Waals surface area contributed by atoms with Gasteiger partial charge < -0.3 is 9.47 Å². The van der Waals surface area contributed by atoms with Crippen molar-refractivity contribution in [3.8, 4) is 0 Å². The Morgan fingerprint density at radius 3 is 2.08 bits per heavy atom. The Labute approximate surface area is 147 Å². The first-order chi connectivity index (χ1) is 11.7. The first kappa shape index (κ1) is 17.9. The minimum atomic E-state index is 0.476. The number of hydrogen-bond acceptors (Lipinski definition) is 2. The van der Waals surface area contributed by atoms with Crippen LogP contribution < -0.4 is 0 Å². The van der Waals surface area contributed by atoms with Crippen LogP contribution in [0.4, 0.5) is 0 Å². The van der Waals surface area contributed by atoms with Crippen LogP contribution in [0, 0.1) is 18.8 Å². The maximum absolute atomic E-state index is 6.15. The summed E-state index contributed by atoms with van der Waals surface area (Å²) >= 11 is 0. The predicted molar refractivity (Wildman–Crippen MR) is 99.3 cm³/mol. The fourth-order valence-electron chi connectivity index (χ4n) is 3.98. The minimum Gasteiger partial charge on any atom is -0.378 e. The second-order valence-electron chi connectivity index (χ2n) is 8.14. The Bertz CT molecular complexity index is 465. The van der Waals surface area contributed by atoms with Crippen LogP contribution in [0.2, 0.25) is 0 Å². The van der Waals surface area contributed by atoms with Crippen molar-refractivity contribution in [2.75, 3.05) is 13.2 Å². The molecule has 1 aromatic rings. The van der Waals surface area contributed by atoms with Crippen molar-refractivity contribution in [2.24, 2.45) is 11.8 Å². The highest BCUT2D eigenvalue weighted by Crippen LogP contribution is 2.28. The molecule has 0 saturated carbocycles. The average Bonchev–Trinajstić information content (AvgIpc) is 2.62. The molecule has 2 heterocycles. The van der Waals surface area contributed by atoms with E-state index in [0.29, 0.717) is 12.2 Å². The monoisotopic (exact) mass is 330 g/mol. The molecule has 3 rings (SSSR count). The van der Waals surface area contributed by atoms with Crippen molar-refractivity contribution < 1.29 is 9.47 Å². The van der Waals surface area contributed by atoms with Crippen LogP contribution in [0.25, 0.3) is 0 Å². The van der Waals surface area contributed by atoms with E-state index < -0.39 is 0 Å². The first-order valence-corrected chi connectivity index (χ1v) is 9.98. The van der Waals surface area contributed by atoms with Crippen molar-refractivity contribution in [3.63, 3.8) is 0 Å². The molecular formula is C22H34O2. The molecule has 1 aromatic carbocycles. The molecule has 2 heteroatoms. The Balaban J connectivity index is 1.30. The van der Waals surface area contributed by atoms with Gasteiger partial charge in [-0.05, 0) is 75.7 Å². The predicted octanol–water partition coefficient (Wildman–Crippen LogP) is 5.32. The van der Waals surface area contributed by atoms with Crippen molar-refractivity contribution in [1.82, 2.24) is 0 Å². The molecule has 0 radical (unpaired) electrons. The zero-order valence-corrected chi connectivity index (χ0v) is 15.5. The number of ether oxygens (including phenoxy) is 2. The molecule has 0 amide bonds. The molecule has 4 atom stereocenters. The fraction of sp³-hybridized carbons (Fsp3) is 0.727. The van der Waals surface area contributed by atoms with E-state index in [-0.39, 0.29) is 0 Å². The summed E-state index contributed by atoms with van der Waals surface area (Å²) in [4.78, 5) is 0. The first-order valence-electron chi connectivity index (χ1n) is 9.98. The van der Waals surface area contributed by atoms with E-state index in [4.69, 9.17) is 9.47 Å². The van der Waals surface area contributed by atoms with Gasteiger partial charge in [0.05, 0.1) is 12.2 Å². The van der Waals surface area contributed by atoms with Gasteiger partial charge >= 0.3 is 0 Å². The summed E-state index contributed by atoms with van der Waals surface area (Å²) in [6.07, 6.45) is 10.9. The van der Waals surface area contributed by atoms with Gasteiger partial charge in [0.15, 0.2) is 0 Å². The summed E-state index contributed by atoms with van der Waals surface area (Å²) in [7, 11) is 0. The normalized spacial score (nSPS) is 31.1. The van der Waals surface area contributed by atoms with Gasteiger partial charge in [-0.3, -0.25) is 0 Å². The van der Waals surface area contributed by atoms with Crippen LogP contribution in [-0.2, 0) is 15.9 Å². The molecule has 0 aromatic heterocycles. The topological polar surface area (TPSA) is 18.5 Å². The molecule has 2 nitrogen and oxygen atoms in total. The van der Waals surface area contributed by atoms with Gasteiger partial charge in [-0.15, -0.1) is 0 Å². The van der Waals surface area contributed by atoms with Crippen LogP contribution in [0.15, 0.2) is 24.3 Å². The maximum Gasteiger partial charge on any atom is 0.0576 e. The summed E-state index contributed by atoms with van der Waals surface area (Å²) in [5.74, 6) is 1.50. The molecule has 2 aliphatic rings. The summed E-state index contributed by atoms with van der Waals surface area (Å²) in [6.45, 7) is 6.35. The van der Waals surface area contributed by atoms with Crippen molar-refractivity contribution >= 4 is 0 Å². The van der Waals surface area contributed by atoms with Crippen molar-refractivity contribution in [2.45, 2.75) is 77.4 Å². The number of aryl methyl sites for hydroxylation is 2. The smallest absolute Gasteiger partial charge is 0.0576 e. The van der Waals surface area contributed by atoms with E-state index in [2.05, 4.69) is 38.1 Å². The lowest BCUT2D eigenvalue weighted by Crippen LogP contribution is -2.29. The largest absolute Gasteiger partial charge is 0.378 e. The van der Waals surface area contributed by atoms with Crippen molar-refractivity contribution in [3.05, 3.63) is 35.4 Å². The number of rotatable bonds is 6. The van der Waals surface area contributed by atoms with E-state index in [1.54, 1.807) is 0 Å². The Morgan fingerprint density at radius 1 is 0.833 bits per heavy atom. The minimum absolute atomic E-state index is 0.476. The SMILES string of the molecule is Cc1ccc(CCC2CCC(CCC3CCC(C)CO3)OC2)cc1. The zero-order valence-electron chi connectivity index (χ0n) is 15.5. The van der Waals surface area contributed by atoms with E-state index >= 15 is 0 Å². The Kier molecular flexibility index (Phi) is 6.74. The van der Waals surface area contributed by atoms with E-state index in [1.807, 2.05) is 0 Å². The van der Waals surface area contributed by atoms with E-state index in [0.717, 1.165) is 25.0 Å². The average molecular weight is 331 g/mol. The van der Waals surface area contributed by atoms with Gasteiger partial charge in [-0.1, -0.05) is 36.8 Å². The third kappa shape index (κ3) is 5.60. The summed E-state index contributed by atoms with van der Waals surface area (Å²) in [5, 5.41) is 0. The molecule has 4 unspecified atom stereocenters. The summed E-state index contributed by atoms with van der Waals surface area (Å²) < 4.78 is 12.1. The maximum atomic E-state index is 6.15. The lowest BCUT2D eigenvalue weighted by atomic mass is 9.90. The van der Waals surface area contributed by atoms with Crippen LogP contribution in [-0.4, -0.2) is 25.4 Å². The highest BCUT2D eigenvalue weighted by molar-refractivity contribution is 5.21. The standard InChI is InChI=1S/C22H34O2/c1-17-3-6-19(7-4-17)8-9-20-10-12-22(24-16-20)14-13-21-11-5-18(2)15-23-21/h3-4,6-7,18,20-22H,5,8-16H2,1-2H3. The molecule has 2 saturated heterocycles. The van der Waals surface area contributed by atoms with Crippen LogP contribution in [0.3, 0.4) is 0 Å². The molecule has 2 aliphatic heterocycles.